The number of hydrogen-bond donors (Lipinski definition) is 1. The number of halogens is 1. The lowest BCUT2D eigenvalue weighted by Crippen LogP contribution is -2.42. The summed E-state index contributed by atoms with van der Waals surface area (Å²) in [6.45, 7) is 4.74. The quantitative estimate of drug-likeness (QED) is 0.929. The van der Waals surface area contributed by atoms with Gasteiger partial charge in [0.25, 0.3) is 5.91 Å². The summed E-state index contributed by atoms with van der Waals surface area (Å²) >= 11 is 6.06. The van der Waals surface area contributed by atoms with Crippen LogP contribution in [-0.2, 0) is 0 Å². The van der Waals surface area contributed by atoms with Crippen LogP contribution in [0.2, 0.25) is 5.02 Å². The van der Waals surface area contributed by atoms with E-state index in [1.807, 2.05) is 36.6 Å². The number of carbonyl (C=O) groups excluding carboxylic acids is 1. The van der Waals surface area contributed by atoms with E-state index in [0.717, 1.165) is 19.3 Å². The van der Waals surface area contributed by atoms with Crippen LogP contribution in [0.1, 0.15) is 49.6 Å². The number of hydrogen-bond acceptors (Lipinski definition) is 2. The van der Waals surface area contributed by atoms with Gasteiger partial charge in [0.1, 0.15) is 5.69 Å². The third-order valence-corrected chi connectivity index (χ3v) is 4.54. The maximum absolute atomic E-state index is 12.7. The fourth-order valence-corrected chi connectivity index (χ4v) is 3.39. The number of carbonyl (C=O) groups is 1. The maximum Gasteiger partial charge on any atom is 0.270 e. The highest BCUT2D eigenvalue weighted by atomic mass is 35.5. The van der Waals surface area contributed by atoms with Gasteiger partial charge in [0, 0.05) is 25.3 Å². The Bertz CT molecular complexity index is 483. The Morgan fingerprint density at radius 3 is 2.85 bits per heavy atom. The molecule has 4 nitrogen and oxygen atoms in total. The van der Waals surface area contributed by atoms with Gasteiger partial charge < -0.3 is 15.2 Å². The van der Waals surface area contributed by atoms with Crippen LogP contribution in [0.25, 0.3) is 0 Å². The molecule has 0 bridgehead atoms. The van der Waals surface area contributed by atoms with Gasteiger partial charge in [-0.15, -0.1) is 0 Å². The number of rotatable bonds is 4. The normalized spacial score (nSPS) is 22.5. The minimum Gasteiger partial charge on any atom is -0.339 e. The van der Waals surface area contributed by atoms with E-state index < -0.39 is 0 Å². The van der Waals surface area contributed by atoms with E-state index in [-0.39, 0.29) is 18.0 Å². The van der Waals surface area contributed by atoms with Crippen molar-refractivity contribution in [3.8, 4) is 0 Å². The molecular formula is C15H24ClN3O. The van der Waals surface area contributed by atoms with Crippen molar-refractivity contribution >= 4 is 17.5 Å². The van der Waals surface area contributed by atoms with E-state index in [9.17, 15) is 4.79 Å². The second-order valence-electron chi connectivity index (χ2n) is 5.95. The predicted octanol–water partition coefficient (Wildman–Crippen LogP) is 2.92. The Balaban J connectivity index is 2.22. The zero-order valence-corrected chi connectivity index (χ0v) is 13.2. The molecule has 1 aromatic heterocycles. The Kier molecular flexibility index (Phi) is 4.76. The molecule has 1 aliphatic carbocycles. The Hall–Kier alpha value is -1.00. The molecule has 2 unspecified atom stereocenters. The van der Waals surface area contributed by atoms with Crippen LogP contribution in [-0.4, -0.2) is 35.0 Å². The molecule has 0 spiro atoms. The van der Waals surface area contributed by atoms with E-state index in [0.29, 0.717) is 23.2 Å². The molecule has 1 amide bonds. The molecule has 0 aliphatic heterocycles. The van der Waals surface area contributed by atoms with Gasteiger partial charge in [-0.05, 0) is 45.2 Å². The molecule has 0 aromatic carbocycles. The predicted molar refractivity (Wildman–Crippen MR) is 82.1 cm³/mol. The molecule has 2 N–H and O–H groups in total. The molecule has 2 atom stereocenters. The van der Waals surface area contributed by atoms with Crippen molar-refractivity contribution in [3.05, 3.63) is 23.0 Å². The van der Waals surface area contributed by atoms with Crippen LogP contribution in [0.5, 0.6) is 0 Å². The van der Waals surface area contributed by atoms with Crippen molar-refractivity contribution < 1.29 is 4.79 Å². The van der Waals surface area contributed by atoms with E-state index in [4.69, 9.17) is 17.3 Å². The van der Waals surface area contributed by atoms with Crippen molar-refractivity contribution in [2.75, 3.05) is 13.6 Å². The van der Waals surface area contributed by atoms with Crippen molar-refractivity contribution in [3.63, 3.8) is 0 Å². The first-order valence-electron chi connectivity index (χ1n) is 7.30. The first kappa shape index (κ1) is 15.4. The summed E-state index contributed by atoms with van der Waals surface area (Å²) in [4.78, 5) is 14.6. The van der Waals surface area contributed by atoms with Crippen LogP contribution in [0.15, 0.2) is 12.3 Å². The van der Waals surface area contributed by atoms with Gasteiger partial charge in [-0.25, -0.2) is 0 Å². The highest BCUT2D eigenvalue weighted by Gasteiger charge is 2.33. The van der Waals surface area contributed by atoms with E-state index in [1.165, 1.54) is 0 Å². The lowest BCUT2D eigenvalue weighted by molar-refractivity contribution is 0.0687. The molecule has 1 saturated carbocycles. The Morgan fingerprint density at radius 2 is 2.25 bits per heavy atom. The lowest BCUT2D eigenvalue weighted by atomic mass is 10.0. The zero-order valence-electron chi connectivity index (χ0n) is 12.5. The van der Waals surface area contributed by atoms with Crippen LogP contribution >= 0.6 is 11.6 Å². The summed E-state index contributed by atoms with van der Waals surface area (Å²) < 4.78 is 1.94. The summed E-state index contributed by atoms with van der Waals surface area (Å²) in [6.07, 6.45) is 5.13. The summed E-state index contributed by atoms with van der Waals surface area (Å²) in [5.41, 5.74) is 6.48. The molecular weight excluding hydrogens is 274 g/mol. The van der Waals surface area contributed by atoms with E-state index in [1.54, 1.807) is 6.07 Å². The average Bonchev–Trinajstić information content (AvgIpc) is 3.02. The van der Waals surface area contributed by atoms with Gasteiger partial charge in [-0.1, -0.05) is 18.0 Å². The van der Waals surface area contributed by atoms with Crippen molar-refractivity contribution in [2.45, 2.75) is 45.2 Å². The Labute approximate surface area is 125 Å². The third-order valence-electron chi connectivity index (χ3n) is 4.33. The van der Waals surface area contributed by atoms with Gasteiger partial charge in [-0.3, -0.25) is 4.79 Å². The fraction of sp³-hybridized carbons (Fsp3) is 0.667. The standard InChI is InChI=1S/C15H24ClN3O/c1-10(2)19-9-12(16)7-14(19)15(20)18(3)13-6-4-5-11(13)8-17/h7,9-11,13H,4-6,8,17H2,1-3H3. The SMILES string of the molecule is CC(C)n1cc(Cl)cc1C(=O)N(C)C1CCCC1CN. The van der Waals surface area contributed by atoms with Crippen LogP contribution in [0.3, 0.4) is 0 Å². The average molecular weight is 298 g/mol. The third kappa shape index (κ3) is 2.86. The first-order chi connectivity index (χ1) is 9.45. The lowest BCUT2D eigenvalue weighted by Gasteiger charge is -2.29. The molecule has 1 fully saturated rings. The van der Waals surface area contributed by atoms with Crippen molar-refractivity contribution in [2.24, 2.45) is 11.7 Å². The summed E-state index contributed by atoms with van der Waals surface area (Å²) in [5, 5.41) is 0.609. The van der Waals surface area contributed by atoms with E-state index in [2.05, 4.69) is 0 Å². The number of nitrogens with two attached hydrogens (primary N) is 1. The highest BCUT2D eigenvalue weighted by Crippen LogP contribution is 2.30. The molecule has 20 heavy (non-hydrogen) atoms. The van der Waals surface area contributed by atoms with Gasteiger partial charge in [-0.2, -0.15) is 0 Å². The monoisotopic (exact) mass is 297 g/mol. The largest absolute Gasteiger partial charge is 0.339 e. The van der Waals surface area contributed by atoms with E-state index >= 15 is 0 Å². The molecule has 1 aliphatic rings. The van der Waals surface area contributed by atoms with Crippen LogP contribution in [0, 0.1) is 5.92 Å². The van der Waals surface area contributed by atoms with Gasteiger partial charge in [0.2, 0.25) is 0 Å². The molecule has 1 heterocycles. The molecule has 0 saturated heterocycles. The summed E-state index contributed by atoms with van der Waals surface area (Å²) in [7, 11) is 1.88. The number of aromatic nitrogens is 1. The minimum absolute atomic E-state index is 0.0379. The second-order valence-corrected chi connectivity index (χ2v) is 6.39. The molecule has 2 rings (SSSR count). The summed E-state index contributed by atoms with van der Waals surface area (Å²) in [5.74, 6) is 0.456. The van der Waals surface area contributed by atoms with Gasteiger partial charge in [0.15, 0.2) is 0 Å². The summed E-state index contributed by atoms with van der Waals surface area (Å²) in [6, 6.07) is 2.22. The highest BCUT2D eigenvalue weighted by molar-refractivity contribution is 6.31. The molecule has 112 valence electrons. The minimum atomic E-state index is 0.0379. The van der Waals surface area contributed by atoms with Crippen LogP contribution < -0.4 is 5.73 Å². The fourth-order valence-electron chi connectivity index (χ4n) is 3.18. The van der Waals surface area contributed by atoms with Gasteiger partial charge in [0.05, 0.1) is 5.02 Å². The van der Waals surface area contributed by atoms with Crippen LogP contribution in [0.4, 0.5) is 0 Å². The number of nitrogens with zero attached hydrogens (tertiary/aromatic N) is 2. The Morgan fingerprint density at radius 1 is 1.55 bits per heavy atom. The smallest absolute Gasteiger partial charge is 0.270 e. The molecule has 0 radical (unpaired) electrons. The first-order valence-corrected chi connectivity index (χ1v) is 7.68. The zero-order chi connectivity index (χ0) is 14.9. The van der Waals surface area contributed by atoms with Crippen molar-refractivity contribution in [1.82, 2.24) is 9.47 Å². The number of amides is 1. The van der Waals surface area contributed by atoms with Crippen molar-refractivity contribution in [1.29, 1.82) is 0 Å². The topological polar surface area (TPSA) is 51.3 Å². The van der Waals surface area contributed by atoms with Gasteiger partial charge >= 0.3 is 0 Å². The maximum atomic E-state index is 12.7. The second kappa shape index (κ2) is 6.19. The molecule has 1 aromatic rings. The molecule has 5 heteroatoms.